The molecule has 0 saturated heterocycles. The molecule has 1 aliphatic carbocycles. The molecule has 0 bridgehead atoms. The highest BCUT2D eigenvalue weighted by atomic mass is 35.5. The van der Waals surface area contributed by atoms with E-state index in [1.165, 1.54) is 35.2 Å². The maximum absolute atomic E-state index is 6.29. The molecule has 0 atom stereocenters. The number of benzene rings is 1. The molecule has 27 heavy (non-hydrogen) atoms. The Morgan fingerprint density at radius 3 is 2.81 bits per heavy atom. The zero-order valence-corrected chi connectivity index (χ0v) is 18.4. The van der Waals surface area contributed by atoms with Gasteiger partial charge in [-0.1, -0.05) is 41.6 Å². The summed E-state index contributed by atoms with van der Waals surface area (Å²) in [6.45, 7) is 2.33. The third-order valence-corrected chi connectivity index (χ3v) is 6.83. The van der Waals surface area contributed by atoms with Crippen LogP contribution < -0.4 is 9.75 Å². The number of hydrogen-bond donors (Lipinski definition) is 0. The van der Waals surface area contributed by atoms with Gasteiger partial charge in [0.2, 0.25) is 0 Å². The van der Waals surface area contributed by atoms with Crippen molar-refractivity contribution in [2.24, 2.45) is 0 Å². The zero-order chi connectivity index (χ0) is 18.1. The first-order chi connectivity index (χ1) is 12.6. The molecular formula is C21H21Cl2NOS2. The molecule has 2 nitrogen and oxygen atoms in total. The van der Waals surface area contributed by atoms with Crippen LogP contribution in [0.25, 0.3) is 21.1 Å². The van der Waals surface area contributed by atoms with Crippen molar-refractivity contribution in [2.75, 3.05) is 33.9 Å². The van der Waals surface area contributed by atoms with Gasteiger partial charge in [-0.15, -0.1) is 23.7 Å². The summed E-state index contributed by atoms with van der Waals surface area (Å²) >= 11 is 9.92. The number of hydrogen-bond acceptors (Lipinski definition) is 4. The van der Waals surface area contributed by atoms with Gasteiger partial charge in [-0.3, -0.25) is 0 Å². The molecule has 142 valence electrons. The largest absolute Gasteiger partial charge is 0.375 e. The summed E-state index contributed by atoms with van der Waals surface area (Å²) in [5.41, 5.74) is 1.25. The number of fused-ring (bicyclic) bond motifs is 4. The maximum Gasteiger partial charge on any atom is 0.0779 e. The molecule has 0 amide bonds. The predicted octanol–water partition coefficient (Wildman–Crippen LogP) is 4.57. The van der Waals surface area contributed by atoms with E-state index < -0.39 is 0 Å². The van der Waals surface area contributed by atoms with E-state index in [0.29, 0.717) is 6.61 Å². The van der Waals surface area contributed by atoms with Crippen molar-refractivity contribution in [3.05, 3.63) is 67.8 Å². The summed E-state index contributed by atoms with van der Waals surface area (Å²) in [6.07, 6.45) is 10.9. The summed E-state index contributed by atoms with van der Waals surface area (Å²) in [5.74, 6) is 0. The third kappa shape index (κ3) is 4.53. The average molecular weight is 438 g/mol. The number of nitrogens with zero attached hydrogens (tertiary/aromatic N) is 1. The van der Waals surface area contributed by atoms with Gasteiger partial charge in [0.1, 0.15) is 0 Å². The molecular weight excluding hydrogens is 417 g/mol. The average Bonchev–Trinajstić information content (AvgIpc) is 2.86. The van der Waals surface area contributed by atoms with Crippen LogP contribution in [0.1, 0.15) is 0 Å². The fraction of sp³-hybridized carbons (Fsp3) is 0.238. The van der Waals surface area contributed by atoms with Crippen molar-refractivity contribution in [3.8, 4) is 0 Å². The Kier molecular flexibility index (Phi) is 6.90. The molecule has 0 unspecified atom stereocenters. The van der Waals surface area contributed by atoms with E-state index in [4.69, 9.17) is 16.3 Å². The number of thiophene rings is 1. The molecule has 1 aliphatic heterocycles. The molecule has 4 rings (SSSR count). The molecule has 0 radical (unpaired) electrons. The molecule has 2 aliphatic rings. The van der Waals surface area contributed by atoms with Crippen molar-refractivity contribution in [2.45, 2.75) is 0 Å². The van der Waals surface area contributed by atoms with Gasteiger partial charge < -0.3 is 9.64 Å². The standard InChI is InChI=1S/C21H20ClNOS2.ClH/c1-23(2)10-11-24-13-16-8-6-14-4-3-5-19-20(21(14)25-16)17-12-15(22)7-9-18(17)26-19;/h3-9,12H,10-11,13H2,1-2H3;1H. The van der Waals surface area contributed by atoms with Gasteiger partial charge in [-0.25, -0.2) is 0 Å². The Morgan fingerprint density at radius 1 is 1.15 bits per heavy atom. The predicted molar refractivity (Wildman–Crippen MR) is 123 cm³/mol. The van der Waals surface area contributed by atoms with Crippen LogP contribution in [-0.2, 0) is 4.74 Å². The van der Waals surface area contributed by atoms with Crippen LogP contribution in [0.3, 0.4) is 0 Å². The molecule has 2 aromatic rings. The quantitative estimate of drug-likeness (QED) is 0.635. The van der Waals surface area contributed by atoms with Crippen molar-refractivity contribution >= 4 is 68.2 Å². The Hall–Kier alpha value is -1.01. The van der Waals surface area contributed by atoms with E-state index in [9.17, 15) is 0 Å². The highest BCUT2D eigenvalue weighted by Gasteiger charge is 2.17. The first kappa shape index (κ1) is 20.7. The van der Waals surface area contributed by atoms with Crippen LogP contribution in [-0.4, -0.2) is 38.8 Å². The Labute approximate surface area is 178 Å². The third-order valence-electron chi connectivity index (χ3n) is 4.30. The number of rotatable bonds is 5. The van der Waals surface area contributed by atoms with E-state index in [0.717, 1.165) is 18.2 Å². The van der Waals surface area contributed by atoms with Crippen molar-refractivity contribution < 1.29 is 4.74 Å². The molecule has 0 saturated carbocycles. The van der Waals surface area contributed by atoms with Gasteiger partial charge in [0.05, 0.1) is 13.2 Å². The number of thioether (sulfide) groups is 1. The van der Waals surface area contributed by atoms with Gasteiger partial charge >= 0.3 is 0 Å². The topological polar surface area (TPSA) is 12.5 Å². The van der Waals surface area contributed by atoms with Crippen LogP contribution in [0.2, 0.25) is 5.02 Å². The second kappa shape index (κ2) is 8.99. The second-order valence-electron chi connectivity index (χ2n) is 6.55. The van der Waals surface area contributed by atoms with Crippen molar-refractivity contribution in [1.29, 1.82) is 0 Å². The second-order valence-corrected chi connectivity index (χ2v) is 9.21. The van der Waals surface area contributed by atoms with Gasteiger partial charge in [0, 0.05) is 41.2 Å². The number of likely N-dealkylation sites (N-methyl/N-ethyl adjacent to an activating group) is 1. The molecule has 6 heteroatoms. The van der Waals surface area contributed by atoms with Crippen molar-refractivity contribution in [1.82, 2.24) is 4.90 Å². The minimum absolute atomic E-state index is 0. The van der Waals surface area contributed by atoms with E-state index in [2.05, 4.69) is 61.5 Å². The monoisotopic (exact) mass is 437 g/mol. The zero-order valence-electron chi connectivity index (χ0n) is 15.2. The summed E-state index contributed by atoms with van der Waals surface area (Å²) < 4.78 is 8.42. The molecule has 1 aromatic carbocycles. The smallest absolute Gasteiger partial charge is 0.0779 e. The SMILES string of the molecule is CN(C)CCOCC1=CC=C2C=CC=c3sc4ccc(Cl)cc4c3=C2S1.Cl. The summed E-state index contributed by atoms with van der Waals surface area (Å²) in [4.78, 5) is 4.67. The van der Waals surface area contributed by atoms with E-state index in [1.54, 1.807) is 0 Å². The lowest BCUT2D eigenvalue weighted by atomic mass is 10.1. The number of allylic oxidation sites excluding steroid dienone is 4. The number of ether oxygens (including phenoxy) is 1. The minimum atomic E-state index is 0. The highest BCUT2D eigenvalue weighted by molar-refractivity contribution is 8.11. The Balaban J connectivity index is 0.00000210. The van der Waals surface area contributed by atoms with Gasteiger partial charge in [0.15, 0.2) is 0 Å². The lowest BCUT2D eigenvalue weighted by Gasteiger charge is -2.16. The van der Waals surface area contributed by atoms with Crippen LogP contribution in [0, 0.1) is 0 Å². The Bertz CT molecular complexity index is 1060. The van der Waals surface area contributed by atoms with E-state index in [1.807, 2.05) is 29.2 Å². The molecule has 0 N–H and O–H groups in total. The van der Waals surface area contributed by atoms with Gasteiger partial charge in [0.25, 0.3) is 0 Å². The van der Waals surface area contributed by atoms with Crippen LogP contribution in [0.15, 0.2) is 53.0 Å². The fourth-order valence-corrected chi connectivity index (χ4v) is 5.44. The number of halogens is 2. The van der Waals surface area contributed by atoms with E-state index >= 15 is 0 Å². The molecule has 2 heterocycles. The van der Waals surface area contributed by atoms with Crippen LogP contribution >= 0.6 is 47.1 Å². The van der Waals surface area contributed by atoms with Crippen LogP contribution in [0.4, 0.5) is 0 Å². The summed E-state index contributed by atoms with van der Waals surface area (Å²) in [6, 6.07) is 6.17. The highest BCUT2D eigenvalue weighted by Crippen LogP contribution is 2.37. The molecule has 0 spiro atoms. The normalized spacial score (nSPS) is 15.5. The lowest BCUT2D eigenvalue weighted by Crippen LogP contribution is -2.21. The fourth-order valence-electron chi connectivity index (χ4n) is 2.99. The Morgan fingerprint density at radius 2 is 2.00 bits per heavy atom. The van der Waals surface area contributed by atoms with Crippen molar-refractivity contribution in [3.63, 3.8) is 0 Å². The molecule has 0 fully saturated rings. The first-order valence-corrected chi connectivity index (χ1v) is 10.6. The minimum Gasteiger partial charge on any atom is -0.375 e. The summed E-state index contributed by atoms with van der Waals surface area (Å²) in [5, 5.41) is 3.32. The summed E-state index contributed by atoms with van der Waals surface area (Å²) in [7, 11) is 4.12. The lowest BCUT2D eigenvalue weighted by molar-refractivity contribution is 0.140. The van der Waals surface area contributed by atoms with E-state index in [-0.39, 0.29) is 12.4 Å². The van der Waals surface area contributed by atoms with Gasteiger partial charge in [-0.2, -0.15) is 0 Å². The molecule has 1 aromatic heterocycles. The van der Waals surface area contributed by atoms with Gasteiger partial charge in [-0.05, 0) is 50.0 Å². The maximum atomic E-state index is 6.29. The van der Waals surface area contributed by atoms with Crippen LogP contribution in [0.5, 0.6) is 0 Å². The first-order valence-electron chi connectivity index (χ1n) is 8.54.